The van der Waals surface area contributed by atoms with Gasteiger partial charge in [0.1, 0.15) is 5.82 Å². The number of rotatable bonds is 5. The van der Waals surface area contributed by atoms with Crippen molar-refractivity contribution in [1.82, 2.24) is 20.2 Å². The second-order valence-corrected chi connectivity index (χ2v) is 6.52. The van der Waals surface area contributed by atoms with Crippen LogP contribution in [-0.4, -0.2) is 39.8 Å². The number of nitrogens with zero attached hydrogens (tertiary/aromatic N) is 4. The lowest BCUT2D eigenvalue weighted by Crippen LogP contribution is -2.35. The fraction of sp³-hybridized carbons (Fsp3) is 0.562. The number of H-pyrrole nitrogens is 1. The van der Waals surface area contributed by atoms with Crippen LogP contribution >= 0.6 is 24.8 Å². The van der Waals surface area contributed by atoms with Crippen LogP contribution in [0.25, 0.3) is 0 Å². The molecule has 3 rings (SSSR count). The molecule has 0 aliphatic heterocycles. The van der Waals surface area contributed by atoms with Gasteiger partial charge in [-0.25, -0.2) is 4.98 Å². The maximum atomic E-state index is 5.89. The number of nitrogens with one attached hydrogen (secondary N) is 1. The monoisotopic (exact) mass is 387 g/mol. The number of nitrogen functional groups attached to an aromatic ring is 1. The molecule has 0 radical (unpaired) electrons. The molecule has 1 fully saturated rings. The van der Waals surface area contributed by atoms with Crippen molar-refractivity contribution in [3.05, 3.63) is 28.7 Å². The molecule has 0 spiro atoms. The third-order valence-electron chi connectivity index (χ3n) is 4.71. The van der Waals surface area contributed by atoms with Gasteiger partial charge in [0.15, 0.2) is 0 Å². The highest BCUT2D eigenvalue weighted by Crippen LogP contribution is 2.35. The van der Waals surface area contributed by atoms with Gasteiger partial charge in [0.25, 0.3) is 0 Å². The van der Waals surface area contributed by atoms with E-state index in [1.165, 1.54) is 5.56 Å². The molecule has 2 heterocycles. The Bertz CT molecular complexity index is 678. The summed E-state index contributed by atoms with van der Waals surface area (Å²) in [6.45, 7) is 4.93. The van der Waals surface area contributed by atoms with Crippen LogP contribution in [0, 0.1) is 13.8 Å². The van der Waals surface area contributed by atoms with E-state index in [2.05, 4.69) is 32.0 Å². The highest BCUT2D eigenvalue weighted by atomic mass is 35.5. The summed E-state index contributed by atoms with van der Waals surface area (Å²) in [5, 5.41) is 7.27. The Morgan fingerprint density at radius 2 is 1.92 bits per heavy atom. The number of hydrogen-bond donors (Lipinski definition) is 3. The minimum Gasteiger partial charge on any atom is -0.368 e. The Labute approximate surface area is 160 Å². The topological polar surface area (TPSA) is 110 Å². The van der Waals surface area contributed by atoms with E-state index in [0.717, 1.165) is 48.7 Å². The molecular weight excluding hydrogens is 361 g/mol. The number of aromatic amines is 1. The molecule has 9 heteroatoms. The minimum absolute atomic E-state index is 0. The van der Waals surface area contributed by atoms with Crippen LogP contribution in [0.3, 0.4) is 0 Å². The summed E-state index contributed by atoms with van der Waals surface area (Å²) >= 11 is 0. The van der Waals surface area contributed by atoms with Crippen LogP contribution < -0.4 is 16.4 Å². The highest BCUT2D eigenvalue weighted by molar-refractivity contribution is 5.85. The maximum absolute atomic E-state index is 5.89. The van der Waals surface area contributed by atoms with Gasteiger partial charge in [-0.15, -0.1) is 24.8 Å². The number of aryl methyl sites for hydroxylation is 2. The van der Waals surface area contributed by atoms with Crippen molar-refractivity contribution >= 4 is 36.6 Å². The second-order valence-electron chi connectivity index (χ2n) is 6.52. The van der Waals surface area contributed by atoms with E-state index in [1.54, 1.807) is 0 Å². The molecule has 2 aromatic heterocycles. The minimum atomic E-state index is 0. The molecule has 5 N–H and O–H groups in total. The second kappa shape index (κ2) is 8.69. The van der Waals surface area contributed by atoms with E-state index in [1.807, 2.05) is 20.0 Å². The van der Waals surface area contributed by atoms with E-state index < -0.39 is 0 Å². The fourth-order valence-electron chi connectivity index (χ4n) is 3.12. The van der Waals surface area contributed by atoms with Crippen LogP contribution in [0.4, 0.5) is 11.8 Å². The van der Waals surface area contributed by atoms with Crippen LogP contribution in [0.5, 0.6) is 0 Å². The molecule has 1 saturated carbocycles. The zero-order valence-corrected chi connectivity index (χ0v) is 16.5. The van der Waals surface area contributed by atoms with Crippen molar-refractivity contribution in [3.8, 4) is 0 Å². The summed E-state index contributed by atoms with van der Waals surface area (Å²) in [6.07, 6.45) is 2.87. The van der Waals surface area contributed by atoms with Crippen molar-refractivity contribution < 1.29 is 0 Å². The van der Waals surface area contributed by atoms with Crippen molar-refractivity contribution in [2.24, 2.45) is 5.73 Å². The predicted molar refractivity (Wildman–Crippen MR) is 106 cm³/mol. The van der Waals surface area contributed by atoms with Gasteiger partial charge in [-0.1, -0.05) is 0 Å². The Morgan fingerprint density at radius 1 is 1.24 bits per heavy atom. The van der Waals surface area contributed by atoms with Crippen LogP contribution in [0.15, 0.2) is 6.07 Å². The van der Waals surface area contributed by atoms with Gasteiger partial charge in [0, 0.05) is 37.3 Å². The van der Waals surface area contributed by atoms with Crippen molar-refractivity contribution in [1.29, 1.82) is 0 Å². The molecule has 0 bridgehead atoms. The summed E-state index contributed by atoms with van der Waals surface area (Å²) in [4.78, 5) is 10.9. The molecule has 0 atom stereocenters. The first-order valence-electron chi connectivity index (χ1n) is 8.05. The molecule has 1 aliphatic rings. The summed E-state index contributed by atoms with van der Waals surface area (Å²) < 4.78 is 0. The van der Waals surface area contributed by atoms with Crippen molar-refractivity contribution in [2.45, 2.75) is 45.1 Å². The van der Waals surface area contributed by atoms with Crippen LogP contribution in [0.2, 0.25) is 0 Å². The average molecular weight is 388 g/mol. The predicted octanol–water partition coefficient (Wildman–Crippen LogP) is 2.13. The SMILES string of the molecule is Cc1n[nH]c(C)c1CCN(C)c1cc(C2CC(N)C2)nc(N)n1.Cl.Cl. The number of anilines is 2. The molecule has 1 aliphatic carbocycles. The molecule has 7 nitrogen and oxygen atoms in total. The number of hydrogen-bond acceptors (Lipinski definition) is 6. The van der Waals surface area contributed by atoms with Gasteiger partial charge in [-0.2, -0.15) is 10.1 Å². The third kappa shape index (κ3) is 4.74. The molecule has 0 unspecified atom stereocenters. The Balaban J connectivity index is 0.00000156. The van der Waals surface area contributed by atoms with E-state index in [-0.39, 0.29) is 24.8 Å². The highest BCUT2D eigenvalue weighted by Gasteiger charge is 2.29. The lowest BCUT2D eigenvalue weighted by molar-refractivity contribution is 0.345. The fourth-order valence-corrected chi connectivity index (χ4v) is 3.12. The number of aromatic nitrogens is 4. The summed E-state index contributed by atoms with van der Waals surface area (Å²) in [5.41, 5.74) is 16.2. The van der Waals surface area contributed by atoms with Gasteiger partial charge >= 0.3 is 0 Å². The zero-order chi connectivity index (χ0) is 16.6. The standard InChI is InChI=1S/C16H25N7.2ClH/c1-9-13(10(2)22-21-9)4-5-23(3)15-8-14(19-16(18)20-15)11-6-12(17)7-11;;/h8,11-12H,4-7,17H2,1-3H3,(H,21,22)(H2,18,19,20);2*1H. The normalized spacial score (nSPS) is 18.7. The Morgan fingerprint density at radius 3 is 2.48 bits per heavy atom. The van der Waals surface area contributed by atoms with E-state index in [0.29, 0.717) is 17.9 Å². The maximum Gasteiger partial charge on any atom is 0.222 e. The molecular formula is C16H27Cl2N7. The smallest absolute Gasteiger partial charge is 0.222 e. The van der Waals surface area contributed by atoms with E-state index in [4.69, 9.17) is 11.5 Å². The van der Waals surface area contributed by atoms with Gasteiger partial charge in [-0.3, -0.25) is 5.10 Å². The first-order valence-corrected chi connectivity index (χ1v) is 8.05. The van der Waals surface area contributed by atoms with Gasteiger partial charge in [0.2, 0.25) is 5.95 Å². The lowest BCUT2D eigenvalue weighted by Gasteiger charge is -2.32. The molecule has 140 valence electrons. The van der Waals surface area contributed by atoms with Crippen LogP contribution in [-0.2, 0) is 6.42 Å². The van der Waals surface area contributed by atoms with Gasteiger partial charge in [0.05, 0.1) is 11.4 Å². The van der Waals surface area contributed by atoms with Gasteiger partial charge in [-0.05, 0) is 38.7 Å². The summed E-state index contributed by atoms with van der Waals surface area (Å²) in [6, 6.07) is 2.34. The quantitative estimate of drug-likeness (QED) is 0.724. The third-order valence-corrected chi connectivity index (χ3v) is 4.71. The first-order chi connectivity index (χ1) is 10.9. The summed E-state index contributed by atoms with van der Waals surface area (Å²) in [5.74, 6) is 1.62. The molecule has 0 saturated heterocycles. The lowest BCUT2D eigenvalue weighted by atomic mass is 9.78. The molecule has 0 amide bonds. The number of halogens is 2. The molecule has 0 aromatic carbocycles. The number of nitrogens with two attached hydrogens (primary N) is 2. The summed E-state index contributed by atoms with van der Waals surface area (Å²) in [7, 11) is 2.03. The molecule has 25 heavy (non-hydrogen) atoms. The zero-order valence-electron chi connectivity index (χ0n) is 14.8. The van der Waals surface area contributed by atoms with E-state index >= 15 is 0 Å². The largest absolute Gasteiger partial charge is 0.368 e. The average Bonchev–Trinajstić information content (AvgIpc) is 2.79. The molecule has 2 aromatic rings. The van der Waals surface area contributed by atoms with Gasteiger partial charge < -0.3 is 16.4 Å². The number of likely N-dealkylation sites (N-methyl/N-ethyl adjacent to an activating group) is 1. The van der Waals surface area contributed by atoms with Crippen LogP contribution in [0.1, 0.15) is 41.4 Å². The Kier molecular flexibility index (Phi) is 7.46. The Hall–Kier alpha value is -1.57. The van der Waals surface area contributed by atoms with E-state index in [9.17, 15) is 0 Å². The van der Waals surface area contributed by atoms with Crippen molar-refractivity contribution in [2.75, 3.05) is 24.2 Å². The first kappa shape index (κ1) is 21.5. The van der Waals surface area contributed by atoms with Crippen molar-refractivity contribution in [3.63, 3.8) is 0 Å².